The summed E-state index contributed by atoms with van der Waals surface area (Å²) in [4.78, 5) is 7.83. The van der Waals surface area contributed by atoms with E-state index in [1.54, 1.807) is 26.5 Å². The van der Waals surface area contributed by atoms with Gasteiger partial charge in [0.05, 0.1) is 14.2 Å². The average Bonchev–Trinajstić information content (AvgIpc) is 2.46. The Labute approximate surface area is 116 Å². The first-order valence-corrected chi connectivity index (χ1v) is 5.96. The van der Waals surface area contributed by atoms with Crippen LogP contribution in [0.15, 0.2) is 24.4 Å². The average molecular weight is 275 g/mol. The molecule has 0 fully saturated rings. The maximum atomic E-state index is 5.78. The maximum absolute atomic E-state index is 5.78. The largest absolute Gasteiger partial charge is 0.497 e. The molecule has 0 aliphatic heterocycles. The minimum absolute atomic E-state index is 0.161. The molecule has 2 rings (SSSR count). The number of anilines is 3. The van der Waals surface area contributed by atoms with Crippen molar-refractivity contribution in [3.8, 4) is 11.5 Å². The molecule has 0 aliphatic carbocycles. The number of nitrogens with two attached hydrogens (primary N) is 2. The van der Waals surface area contributed by atoms with Crippen LogP contribution in [0.2, 0.25) is 0 Å². The quantitative estimate of drug-likeness (QED) is 0.754. The molecular weight excluding hydrogens is 258 g/mol. The Bertz CT molecular complexity index is 581. The van der Waals surface area contributed by atoms with E-state index >= 15 is 0 Å². The SMILES string of the molecule is COc1cc(NCc2cnc(N)nc2N)cc(OC)c1. The van der Waals surface area contributed by atoms with Crippen LogP contribution in [0.5, 0.6) is 11.5 Å². The molecule has 0 saturated heterocycles. The number of benzene rings is 1. The molecule has 0 unspecified atom stereocenters. The molecule has 20 heavy (non-hydrogen) atoms. The topological polar surface area (TPSA) is 108 Å². The van der Waals surface area contributed by atoms with Gasteiger partial charge in [0.1, 0.15) is 17.3 Å². The van der Waals surface area contributed by atoms with Gasteiger partial charge in [-0.15, -0.1) is 0 Å². The molecule has 0 bridgehead atoms. The summed E-state index contributed by atoms with van der Waals surface area (Å²) in [6.45, 7) is 0.475. The summed E-state index contributed by atoms with van der Waals surface area (Å²) >= 11 is 0. The summed E-state index contributed by atoms with van der Waals surface area (Å²) in [6.07, 6.45) is 1.60. The lowest BCUT2D eigenvalue weighted by atomic mass is 10.2. The number of nitrogens with one attached hydrogen (secondary N) is 1. The number of methoxy groups -OCH3 is 2. The molecular formula is C13H17N5O2. The van der Waals surface area contributed by atoms with Gasteiger partial charge in [-0.25, -0.2) is 4.98 Å². The predicted molar refractivity (Wildman–Crippen MR) is 77.7 cm³/mol. The molecule has 1 aromatic heterocycles. The van der Waals surface area contributed by atoms with Crippen molar-refractivity contribution < 1.29 is 9.47 Å². The Balaban J connectivity index is 2.13. The number of hydrogen-bond donors (Lipinski definition) is 3. The van der Waals surface area contributed by atoms with Crippen molar-refractivity contribution in [1.29, 1.82) is 0 Å². The Morgan fingerprint density at radius 3 is 2.30 bits per heavy atom. The highest BCUT2D eigenvalue weighted by atomic mass is 16.5. The van der Waals surface area contributed by atoms with E-state index in [-0.39, 0.29) is 5.95 Å². The first kappa shape index (κ1) is 13.7. The molecule has 7 heteroatoms. The molecule has 0 spiro atoms. The van der Waals surface area contributed by atoms with E-state index in [0.717, 1.165) is 11.3 Å². The Morgan fingerprint density at radius 2 is 1.75 bits per heavy atom. The van der Waals surface area contributed by atoms with Crippen LogP contribution in [0.3, 0.4) is 0 Å². The van der Waals surface area contributed by atoms with Gasteiger partial charge in [-0.05, 0) is 0 Å². The van der Waals surface area contributed by atoms with E-state index < -0.39 is 0 Å². The van der Waals surface area contributed by atoms with Gasteiger partial charge in [0.25, 0.3) is 0 Å². The van der Waals surface area contributed by atoms with Crippen molar-refractivity contribution in [2.45, 2.75) is 6.54 Å². The summed E-state index contributed by atoms with van der Waals surface area (Å²) in [5, 5.41) is 3.21. The van der Waals surface area contributed by atoms with Gasteiger partial charge < -0.3 is 26.3 Å². The van der Waals surface area contributed by atoms with E-state index in [1.165, 1.54) is 0 Å². The zero-order valence-corrected chi connectivity index (χ0v) is 11.4. The second-order valence-corrected chi connectivity index (χ2v) is 4.09. The zero-order chi connectivity index (χ0) is 14.5. The molecule has 7 nitrogen and oxygen atoms in total. The number of nitrogen functional groups attached to an aromatic ring is 2. The first-order valence-electron chi connectivity index (χ1n) is 5.96. The fraction of sp³-hybridized carbons (Fsp3) is 0.231. The van der Waals surface area contributed by atoms with Crippen LogP contribution in [-0.4, -0.2) is 24.2 Å². The molecule has 1 aromatic carbocycles. The van der Waals surface area contributed by atoms with Crippen LogP contribution in [0.4, 0.5) is 17.5 Å². The Morgan fingerprint density at radius 1 is 1.10 bits per heavy atom. The first-order chi connectivity index (χ1) is 9.62. The zero-order valence-electron chi connectivity index (χ0n) is 11.4. The van der Waals surface area contributed by atoms with Crippen LogP contribution in [-0.2, 0) is 6.54 Å². The lowest BCUT2D eigenvalue weighted by molar-refractivity contribution is 0.394. The predicted octanol–water partition coefficient (Wildman–Crippen LogP) is 1.27. The minimum Gasteiger partial charge on any atom is -0.497 e. The second-order valence-electron chi connectivity index (χ2n) is 4.09. The number of aromatic nitrogens is 2. The minimum atomic E-state index is 0.161. The van der Waals surface area contributed by atoms with Gasteiger partial charge in [-0.1, -0.05) is 0 Å². The van der Waals surface area contributed by atoms with Crippen LogP contribution in [0, 0.1) is 0 Å². The van der Waals surface area contributed by atoms with Gasteiger partial charge in [-0.2, -0.15) is 4.98 Å². The molecule has 0 saturated carbocycles. The molecule has 2 aromatic rings. The molecule has 0 amide bonds. The van der Waals surface area contributed by atoms with Gasteiger partial charge in [-0.3, -0.25) is 0 Å². The summed E-state index contributed by atoms with van der Waals surface area (Å²) < 4.78 is 10.4. The van der Waals surface area contributed by atoms with Crippen molar-refractivity contribution in [3.05, 3.63) is 30.0 Å². The Kier molecular flexibility index (Phi) is 4.09. The molecule has 1 heterocycles. The van der Waals surface area contributed by atoms with Crippen LogP contribution < -0.4 is 26.3 Å². The van der Waals surface area contributed by atoms with E-state index in [2.05, 4.69) is 15.3 Å². The molecule has 5 N–H and O–H groups in total. The highest BCUT2D eigenvalue weighted by Gasteiger charge is 2.05. The maximum Gasteiger partial charge on any atom is 0.221 e. The van der Waals surface area contributed by atoms with E-state index in [0.29, 0.717) is 23.9 Å². The number of rotatable bonds is 5. The molecule has 106 valence electrons. The van der Waals surface area contributed by atoms with Crippen molar-refractivity contribution in [1.82, 2.24) is 9.97 Å². The third kappa shape index (κ3) is 3.19. The van der Waals surface area contributed by atoms with Crippen LogP contribution in [0.25, 0.3) is 0 Å². The summed E-state index contributed by atoms with van der Waals surface area (Å²) in [6, 6.07) is 5.51. The standard InChI is InChI=1S/C13H17N5O2/c1-19-10-3-9(4-11(5-10)20-2)16-6-8-7-17-13(15)18-12(8)14/h3-5,7,16H,6H2,1-2H3,(H4,14,15,17,18). The lowest BCUT2D eigenvalue weighted by Crippen LogP contribution is -2.07. The van der Waals surface area contributed by atoms with E-state index in [4.69, 9.17) is 20.9 Å². The monoisotopic (exact) mass is 275 g/mol. The lowest BCUT2D eigenvalue weighted by Gasteiger charge is -2.11. The summed E-state index contributed by atoms with van der Waals surface area (Å²) in [5.41, 5.74) is 12.8. The third-order valence-electron chi connectivity index (χ3n) is 2.75. The molecule has 0 aliphatic rings. The highest BCUT2D eigenvalue weighted by molar-refractivity contribution is 5.55. The number of nitrogens with zero attached hydrogens (tertiary/aromatic N) is 2. The normalized spacial score (nSPS) is 10.1. The molecule has 0 radical (unpaired) electrons. The number of hydrogen-bond acceptors (Lipinski definition) is 7. The van der Waals surface area contributed by atoms with Gasteiger partial charge in [0.2, 0.25) is 5.95 Å². The highest BCUT2D eigenvalue weighted by Crippen LogP contribution is 2.26. The fourth-order valence-corrected chi connectivity index (χ4v) is 1.68. The smallest absolute Gasteiger partial charge is 0.221 e. The molecule has 0 atom stereocenters. The summed E-state index contributed by atoms with van der Waals surface area (Å²) in [7, 11) is 3.20. The van der Waals surface area contributed by atoms with Gasteiger partial charge in [0, 0.05) is 42.2 Å². The Hall–Kier alpha value is -2.70. The van der Waals surface area contributed by atoms with Gasteiger partial charge in [0.15, 0.2) is 0 Å². The van der Waals surface area contributed by atoms with E-state index in [1.807, 2.05) is 12.1 Å². The third-order valence-corrected chi connectivity index (χ3v) is 2.75. The van der Waals surface area contributed by atoms with E-state index in [9.17, 15) is 0 Å². The van der Waals surface area contributed by atoms with Crippen molar-refractivity contribution in [3.63, 3.8) is 0 Å². The van der Waals surface area contributed by atoms with Crippen molar-refractivity contribution >= 4 is 17.5 Å². The van der Waals surface area contributed by atoms with Gasteiger partial charge >= 0.3 is 0 Å². The van der Waals surface area contributed by atoms with Crippen molar-refractivity contribution in [2.24, 2.45) is 0 Å². The fourth-order valence-electron chi connectivity index (χ4n) is 1.68. The second kappa shape index (κ2) is 5.96. The number of ether oxygens (including phenoxy) is 2. The van der Waals surface area contributed by atoms with Crippen LogP contribution in [0.1, 0.15) is 5.56 Å². The summed E-state index contributed by atoms with van der Waals surface area (Å²) in [5.74, 6) is 1.93. The van der Waals surface area contributed by atoms with Crippen molar-refractivity contribution in [2.75, 3.05) is 31.0 Å². The van der Waals surface area contributed by atoms with Crippen LogP contribution >= 0.6 is 0 Å².